The van der Waals surface area contributed by atoms with E-state index in [1.165, 1.54) is 17.4 Å². The van der Waals surface area contributed by atoms with Gasteiger partial charge in [-0.3, -0.25) is 10.1 Å². The van der Waals surface area contributed by atoms with Crippen LogP contribution in [0.25, 0.3) is 15.9 Å². The molecule has 0 aliphatic heterocycles. The molecular weight excluding hydrogens is 384 g/mol. The average Bonchev–Trinajstić information content (AvgIpc) is 3.29. The second-order valence-corrected chi connectivity index (χ2v) is 8.92. The smallest absolute Gasteiger partial charge is 0.257 e. The Morgan fingerprint density at radius 1 is 1.15 bits per heavy atom. The van der Waals surface area contributed by atoms with E-state index in [-0.39, 0.29) is 10.8 Å². The van der Waals surface area contributed by atoms with Crippen molar-refractivity contribution in [1.29, 1.82) is 0 Å². The molecule has 2 heterocycles. The van der Waals surface area contributed by atoms with Crippen molar-refractivity contribution in [3.8, 4) is 5.69 Å². The molecule has 0 aliphatic carbocycles. The number of hydrogen-bond acceptors (Lipinski definition) is 6. The summed E-state index contributed by atoms with van der Waals surface area (Å²) in [7, 11) is -3.29. The van der Waals surface area contributed by atoms with Crippen LogP contribution in [0.4, 0.5) is 5.13 Å². The highest BCUT2D eigenvalue weighted by Gasteiger charge is 2.13. The first-order valence-corrected chi connectivity index (χ1v) is 10.6. The topological polar surface area (TPSA) is 94.0 Å². The number of sulfone groups is 1. The lowest BCUT2D eigenvalue weighted by Gasteiger charge is -2.04. The Morgan fingerprint density at radius 2 is 1.93 bits per heavy atom. The van der Waals surface area contributed by atoms with Crippen LogP contribution in [0, 0.1) is 0 Å². The van der Waals surface area contributed by atoms with E-state index >= 15 is 0 Å². The van der Waals surface area contributed by atoms with Gasteiger partial charge in [-0.05, 0) is 48.5 Å². The highest BCUT2D eigenvalue weighted by Crippen LogP contribution is 2.28. The van der Waals surface area contributed by atoms with Crippen LogP contribution in [0.3, 0.4) is 0 Å². The number of benzene rings is 2. The molecule has 0 unspecified atom stereocenters. The zero-order valence-electron chi connectivity index (χ0n) is 14.2. The van der Waals surface area contributed by atoms with Crippen molar-refractivity contribution in [2.45, 2.75) is 4.90 Å². The molecule has 7 nitrogen and oxygen atoms in total. The second-order valence-electron chi connectivity index (χ2n) is 5.87. The van der Waals surface area contributed by atoms with Gasteiger partial charge in [0.2, 0.25) is 0 Å². The van der Waals surface area contributed by atoms with Crippen molar-refractivity contribution in [1.82, 2.24) is 14.8 Å². The first kappa shape index (κ1) is 17.4. The predicted molar refractivity (Wildman–Crippen MR) is 104 cm³/mol. The lowest BCUT2D eigenvalue weighted by molar-refractivity contribution is 0.102. The molecule has 4 aromatic rings. The third kappa shape index (κ3) is 3.60. The van der Waals surface area contributed by atoms with Crippen LogP contribution in [-0.4, -0.2) is 35.3 Å². The van der Waals surface area contributed by atoms with Gasteiger partial charge in [0.15, 0.2) is 15.0 Å². The molecule has 2 aromatic heterocycles. The predicted octanol–water partition coefficient (Wildman–Crippen LogP) is 3.14. The monoisotopic (exact) mass is 398 g/mol. The first-order valence-electron chi connectivity index (χ1n) is 7.92. The normalized spacial score (nSPS) is 11.6. The average molecular weight is 398 g/mol. The van der Waals surface area contributed by atoms with E-state index in [2.05, 4.69) is 15.4 Å². The summed E-state index contributed by atoms with van der Waals surface area (Å²) in [6.07, 6.45) is 4.66. The van der Waals surface area contributed by atoms with Gasteiger partial charge in [0.1, 0.15) is 0 Å². The summed E-state index contributed by atoms with van der Waals surface area (Å²) in [4.78, 5) is 17.0. The summed E-state index contributed by atoms with van der Waals surface area (Å²) in [5.41, 5.74) is 1.98. The molecule has 9 heteroatoms. The van der Waals surface area contributed by atoms with Crippen molar-refractivity contribution >= 4 is 42.4 Å². The Kier molecular flexibility index (Phi) is 4.25. The minimum absolute atomic E-state index is 0.228. The number of carbonyl (C=O) groups excluding carboxylic acids is 1. The van der Waals surface area contributed by atoms with Gasteiger partial charge in [-0.25, -0.2) is 18.1 Å². The van der Waals surface area contributed by atoms with Crippen LogP contribution in [0.1, 0.15) is 10.4 Å². The molecule has 2 aromatic carbocycles. The number of nitrogens with zero attached hydrogens (tertiary/aromatic N) is 3. The van der Waals surface area contributed by atoms with Crippen molar-refractivity contribution in [2.24, 2.45) is 0 Å². The Balaban J connectivity index is 1.55. The highest BCUT2D eigenvalue weighted by atomic mass is 32.2. The molecule has 1 N–H and O–H groups in total. The number of carbonyl (C=O) groups is 1. The number of rotatable bonds is 4. The SMILES string of the molecule is CS(=O)(=O)c1ccc2nc(NC(=O)c3ccc(-n4cccn4)cc3)sc2c1. The fraction of sp³-hybridized carbons (Fsp3) is 0.0556. The highest BCUT2D eigenvalue weighted by molar-refractivity contribution is 7.90. The van der Waals surface area contributed by atoms with E-state index < -0.39 is 9.84 Å². The molecule has 0 aliphatic rings. The lowest BCUT2D eigenvalue weighted by Crippen LogP contribution is -2.11. The molecular formula is C18H14N4O3S2. The van der Waals surface area contributed by atoms with E-state index in [4.69, 9.17) is 0 Å². The molecule has 136 valence electrons. The van der Waals surface area contributed by atoms with Crippen LogP contribution in [0.2, 0.25) is 0 Å². The maximum Gasteiger partial charge on any atom is 0.257 e. The second kappa shape index (κ2) is 6.60. The van der Waals surface area contributed by atoms with E-state index in [0.29, 0.717) is 20.9 Å². The molecule has 4 rings (SSSR count). The molecule has 0 atom stereocenters. The van der Waals surface area contributed by atoms with Gasteiger partial charge >= 0.3 is 0 Å². The summed E-state index contributed by atoms with van der Waals surface area (Å²) < 4.78 is 25.7. The number of aromatic nitrogens is 3. The maximum atomic E-state index is 12.5. The van der Waals surface area contributed by atoms with Gasteiger partial charge in [-0.15, -0.1) is 0 Å². The molecule has 27 heavy (non-hydrogen) atoms. The van der Waals surface area contributed by atoms with Gasteiger partial charge in [-0.1, -0.05) is 11.3 Å². The Hall–Kier alpha value is -3.04. The largest absolute Gasteiger partial charge is 0.298 e. The summed E-state index contributed by atoms with van der Waals surface area (Å²) >= 11 is 1.23. The molecule has 0 spiro atoms. The standard InChI is InChI=1S/C18H14N4O3S2/c1-27(24,25)14-7-8-15-16(11-14)26-18(20-15)21-17(23)12-3-5-13(6-4-12)22-10-2-9-19-22/h2-11H,1H3,(H,20,21,23). The summed E-state index contributed by atoms with van der Waals surface area (Å²) in [6.45, 7) is 0. The quantitative estimate of drug-likeness (QED) is 0.570. The minimum atomic E-state index is -3.29. The van der Waals surface area contributed by atoms with Gasteiger partial charge in [0, 0.05) is 24.2 Å². The van der Waals surface area contributed by atoms with Crippen molar-refractivity contribution in [3.63, 3.8) is 0 Å². The number of amides is 1. The number of hydrogen-bond donors (Lipinski definition) is 1. The molecule has 0 fully saturated rings. The first-order chi connectivity index (χ1) is 12.9. The Labute approximate surface area is 159 Å². The summed E-state index contributed by atoms with van der Waals surface area (Å²) in [6, 6.07) is 13.6. The maximum absolute atomic E-state index is 12.5. The Morgan fingerprint density at radius 3 is 2.59 bits per heavy atom. The summed E-state index contributed by atoms with van der Waals surface area (Å²) in [5.74, 6) is -0.288. The van der Waals surface area contributed by atoms with Crippen LogP contribution < -0.4 is 5.32 Å². The van der Waals surface area contributed by atoms with Crippen LogP contribution >= 0.6 is 11.3 Å². The van der Waals surface area contributed by atoms with Gasteiger partial charge in [0.05, 0.1) is 20.8 Å². The molecule has 0 bridgehead atoms. The van der Waals surface area contributed by atoms with Gasteiger partial charge in [0.25, 0.3) is 5.91 Å². The van der Waals surface area contributed by atoms with Crippen LogP contribution in [0.15, 0.2) is 65.8 Å². The van der Waals surface area contributed by atoms with E-state index in [1.54, 1.807) is 47.3 Å². The lowest BCUT2D eigenvalue weighted by atomic mass is 10.2. The number of nitrogens with one attached hydrogen (secondary N) is 1. The molecule has 0 saturated carbocycles. The molecule has 1 amide bonds. The molecule has 0 saturated heterocycles. The number of thiazole rings is 1. The van der Waals surface area contributed by atoms with E-state index in [9.17, 15) is 13.2 Å². The van der Waals surface area contributed by atoms with E-state index in [0.717, 1.165) is 11.9 Å². The van der Waals surface area contributed by atoms with Crippen LogP contribution in [0.5, 0.6) is 0 Å². The fourth-order valence-electron chi connectivity index (χ4n) is 2.55. The van der Waals surface area contributed by atoms with Crippen molar-refractivity contribution in [3.05, 3.63) is 66.5 Å². The Bertz CT molecular complexity index is 1230. The van der Waals surface area contributed by atoms with Gasteiger partial charge in [-0.2, -0.15) is 5.10 Å². The number of fused-ring (bicyclic) bond motifs is 1. The third-order valence-electron chi connectivity index (χ3n) is 3.91. The molecule has 0 radical (unpaired) electrons. The zero-order valence-corrected chi connectivity index (χ0v) is 15.8. The minimum Gasteiger partial charge on any atom is -0.298 e. The number of anilines is 1. The van der Waals surface area contributed by atoms with Crippen LogP contribution in [-0.2, 0) is 9.84 Å². The third-order valence-corrected chi connectivity index (χ3v) is 5.95. The van der Waals surface area contributed by atoms with E-state index in [1.807, 2.05) is 12.3 Å². The fourth-order valence-corrected chi connectivity index (χ4v) is 4.17. The summed E-state index contributed by atoms with van der Waals surface area (Å²) in [5, 5.41) is 7.31. The zero-order chi connectivity index (χ0) is 19.0. The van der Waals surface area contributed by atoms with Crippen molar-refractivity contribution in [2.75, 3.05) is 11.6 Å². The van der Waals surface area contributed by atoms with Crippen molar-refractivity contribution < 1.29 is 13.2 Å². The van der Waals surface area contributed by atoms with Gasteiger partial charge < -0.3 is 0 Å².